The monoisotopic (exact) mass is 244 g/mol. The van der Waals surface area contributed by atoms with Crippen LogP contribution in [0.5, 0.6) is 11.5 Å². The Labute approximate surface area is 106 Å². The lowest BCUT2D eigenvalue weighted by Crippen LogP contribution is -1.90. The highest BCUT2D eigenvalue weighted by Gasteiger charge is 2.06. The molecule has 0 aromatic heterocycles. The molecule has 0 fully saturated rings. The van der Waals surface area contributed by atoms with Crippen LogP contribution in [0.3, 0.4) is 0 Å². The van der Waals surface area contributed by atoms with Gasteiger partial charge in [0, 0.05) is 14.1 Å². The summed E-state index contributed by atoms with van der Waals surface area (Å²) in [6.07, 6.45) is 0. The minimum atomic E-state index is 0.187. The normalized spacial score (nSPS) is 10.1. The highest BCUT2D eigenvalue weighted by Crippen LogP contribution is 2.33. The summed E-state index contributed by atoms with van der Waals surface area (Å²) in [6.45, 7) is 0. The maximum absolute atomic E-state index is 9.79. The zero-order valence-electron chi connectivity index (χ0n) is 10.4. The Balaban J connectivity index is 2.42. The second-order valence-electron chi connectivity index (χ2n) is 3.96. The van der Waals surface area contributed by atoms with Gasteiger partial charge in [-0.2, -0.15) is 0 Å². The highest BCUT2D eigenvalue weighted by molar-refractivity contribution is 5.74. The van der Waals surface area contributed by atoms with Gasteiger partial charge in [-0.05, 0) is 35.4 Å². The predicted molar refractivity (Wildman–Crippen MR) is 74.3 cm³/mol. The minimum Gasteiger partial charge on any atom is -0.506 e. The molecular weight excluding hydrogens is 228 g/mol. The van der Waals surface area contributed by atoms with Crippen molar-refractivity contribution in [2.24, 2.45) is 0 Å². The Morgan fingerprint density at radius 3 is 1.39 bits per heavy atom. The number of phenolic OH excluding ortho intramolecular Hbond substituents is 2. The number of hydrogen-bond acceptors (Lipinski definition) is 4. The van der Waals surface area contributed by atoms with Crippen molar-refractivity contribution in [3.05, 3.63) is 36.4 Å². The molecule has 0 bridgehead atoms. The van der Waals surface area contributed by atoms with Crippen molar-refractivity contribution in [1.82, 2.24) is 0 Å². The molecule has 94 valence electrons. The van der Waals surface area contributed by atoms with E-state index in [0.29, 0.717) is 11.4 Å². The van der Waals surface area contributed by atoms with Crippen molar-refractivity contribution in [2.45, 2.75) is 0 Å². The third-order valence-electron chi connectivity index (χ3n) is 2.87. The van der Waals surface area contributed by atoms with Gasteiger partial charge in [0.25, 0.3) is 0 Å². The van der Waals surface area contributed by atoms with Crippen LogP contribution in [0.2, 0.25) is 0 Å². The molecule has 0 atom stereocenters. The smallest absolute Gasteiger partial charge is 0.139 e. The topological polar surface area (TPSA) is 64.5 Å². The minimum absolute atomic E-state index is 0.187. The first-order chi connectivity index (χ1) is 8.65. The lowest BCUT2D eigenvalue weighted by atomic mass is 10.0. The van der Waals surface area contributed by atoms with Crippen molar-refractivity contribution >= 4 is 11.4 Å². The van der Waals surface area contributed by atoms with Crippen molar-refractivity contribution in [3.8, 4) is 22.6 Å². The molecule has 0 unspecified atom stereocenters. The number of anilines is 2. The SMILES string of the molecule is CNc1ccc(-c2ccc(NC)c(O)c2)cc1O. The summed E-state index contributed by atoms with van der Waals surface area (Å²) in [4.78, 5) is 0. The number of hydrogen-bond donors (Lipinski definition) is 4. The Morgan fingerprint density at radius 1 is 0.722 bits per heavy atom. The van der Waals surface area contributed by atoms with Crippen LogP contribution in [0.25, 0.3) is 11.1 Å². The molecule has 0 aliphatic carbocycles. The average molecular weight is 244 g/mol. The fraction of sp³-hybridized carbons (Fsp3) is 0.143. The predicted octanol–water partition coefficient (Wildman–Crippen LogP) is 2.85. The first-order valence-electron chi connectivity index (χ1n) is 5.67. The zero-order valence-corrected chi connectivity index (χ0v) is 10.4. The van der Waals surface area contributed by atoms with Gasteiger partial charge in [0.05, 0.1) is 11.4 Å². The molecule has 0 aliphatic rings. The van der Waals surface area contributed by atoms with Gasteiger partial charge in [-0.3, -0.25) is 0 Å². The van der Waals surface area contributed by atoms with E-state index in [1.54, 1.807) is 38.4 Å². The highest BCUT2D eigenvalue weighted by atomic mass is 16.3. The van der Waals surface area contributed by atoms with Crippen LogP contribution in [-0.4, -0.2) is 24.3 Å². The molecule has 2 aromatic carbocycles. The fourth-order valence-corrected chi connectivity index (χ4v) is 1.85. The quantitative estimate of drug-likeness (QED) is 0.627. The Kier molecular flexibility index (Phi) is 3.28. The van der Waals surface area contributed by atoms with Gasteiger partial charge < -0.3 is 20.8 Å². The molecule has 2 rings (SSSR count). The molecule has 0 spiro atoms. The Bertz CT molecular complexity index is 516. The number of rotatable bonds is 3. The van der Waals surface area contributed by atoms with Crippen LogP contribution in [0.1, 0.15) is 0 Å². The van der Waals surface area contributed by atoms with Gasteiger partial charge in [0.1, 0.15) is 11.5 Å². The number of phenols is 2. The maximum Gasteiger partial charge on any atom is 0.139 e. The molecule has 0 aliphatic heterocycles. The van der Waals surface area contributed by atoms with E-state index in [-0.39, 0.29) is 11.5 Å². The van der Waals surface area contributed by atoms with Gasteiger partial charge in [0.15, 0.2) is 0 Å². The van der Waals surface area contributed by atoms with Crippen LogP contribution in [0.4, 0.5) is 11.4 Å². The summed E-state index contributed by atoms with van der Waals surface area (Å²) in [6, 6.07) is 10.7. The number of benzene rings is 2. The van der Waals surface area contributed by atoms with Crippen molar-refractivity contribution in [3.63, 3.8) is 0 Å². The van der Waals surface area contributed by atoms with Crippen molar-refractivity contribution < 1.29 is 10.2 Å². The Hall–Kier alpha value is -2.36. The van der Waals surface area contributed by atoms with Crippen LogP contribution in [-0.2, 0) is 0 Å². The zero-order chi connectivity index (χ0) is 13.1. The summed E-state index contributed by atoms with van der Waals surface area (Å²) in [5, 5.41) is 25.4. The van der Waals surface area contributed by atoms with Gasteiger partial charge in [-0.1, -0.05) is 12.1 Å². The van der Waals surface area contributed by atoms with E-state index in [1.807, 2.05) is 12.1 Å². The summed E-state index contributed by atoms with van der Waals surface area (Å²) in [5.41, 5.74) is 3.05. The molecule has 0 radical (unpaired) electrons. The van der Waals surface area contributed by atoms with Gasteiger partial charge in [0.2, 0.25) is 0 Å². The summed E-state index contributed by atoms with van der Waals surface area (Å²) < 4.78 is 0. The summed E-state index contributed by atoms with van der Waals surface area (Å²) in [5.74, 6) is 0.374. The van der Waals surface area contributed by atoms with Gasteiger partial charge in [-0.15, -0.1) is 0 Å². The second-order valence-corrected chi connectivity index (χ2v) is 3.96. The van der Waals surface area contributed by atoms with E-state index in [1.165, 1.54) is 0 Å². The molecule has 0 amide bonds. The maximum atomic E-state index is 9.79. The molecule has 2 aromatic rings. The van der Waals surface area contributed by atoms with E-state index in [9.17, 15) is 10.2 Å². The third kappa shape index (κ3) is 2.18. The molecule has 0 saturated heterocycles. The first kappa shape index (κ1) is 12.1. The lowest BCUT2D eigenvalue weighted by Gasteiger charge is -2.09. The van der Waals surface area contributed by atoms with Crippen LogP contribution < -0.4 is 10.6 Å². The largest absolute Gasteiger partial charge is 0.506 e. The standard InChI is InChI=1S/C14H16N2O2/c1-15-11-5-3-9(7-13(11)17)10-4-6-12(16-2)14(18)8-10/h3-8,15-18H,1-2H3. The van der Waals surface area contributed by atoms with E-state index >= 15 is 0 Å². The number of aromatic hydroxyl groups is 2. The summed E-state index contributed by atoms with van der Waals surface area (Å²) >= 11 is 0. The van der Waals surface area contributed by atoms with Crippen LogP contribution >= 0.6 is 0 Å². The van der Waals surface area contributed by atoms with Gasteiger partial charge in [-0.25, -0.2) is 0 Å². The molecule has 4 N–H and O–H groups in total. The molecule has 0 saturated carbocycles. The molecule has 4 nitrogen and oxygen atoms in total. The lowest BCUT2D eigenvalue weighted by molar-refractivity contribution is 0.476. The van der Waals surface area contributed by atoms with E-state index < -0.39 is 0 Å². The second kappa shape index (κ2) is 4.87. The van der Waals surface area contributed by atoms with Crippen molar-refractivity contribution in [2.75, 3.05) is 24.7 Å². The third-order valence-corrected chi connectivity index (χ3v) is 2.87. The molecular formula is C14H16N2O2. The number of nitrogens with one attached hydrogen (secondary N) is 2. The Morgan fingerprint density at radius 2 is 1.11 bits per heavy atom. The molecule has 18 heavy (non-hydrogen) atoms. The van der Waals surface area contributed by atoms with Gasteiger partial charge >= 0.3 is 0 Å². The van der Waals surface area contributed by atoms with E-state index in [0.717, 1.165) is 11.1 Å². The fourth-order valence-electron chi connectivity index (χ4n) is 1.85. The van der Waals surface area contributed by atoms with Crippen molar-refractivity contribution in [1.29, 1.82) is 0 Å². The molecule has 4 heteroatoms. The van der Waals surface area contributed by atoms with E-state index in [2.05, 4.69) is 10.6 Å². The van der Waals surface area contributed by atoms with Crippen LogP contribution in [0, 0.1) is 0 Å². The first-order valence-corrected chi connectivity index (χ1v) is 5.67. The van der Waals surface area contributed by atoms with Crippen LogP contribution in [0.15, 0.2) is 36.4 Å². The average Bonchev–Trinajstić information content (AvgIpc) is 2.38. The molecule has 0 heterocycles. The summed E-state index contributed by atoms with van der Waals surface area (Å²) in [7, 11) is 3.50. The van der Waals surface area contributed by atoms with E-state index in [4.69, 9.17) is 0 Å².